The molecule has 1 unspecified atom stereocenters. The molecule has 0 saturated heterocycles. The van der Waals surface area contributed by atoms with E-state index in [0.29, 0.717) is 6.61 Å². The fourth-order valence-corrected chi connectivity index (χ4v) is 4.28. The van der Waals surface area contributed by atoms with Crippen LogP contribution in [0.25, 0.3) is 0 Å². The molecule has 0 aliphatic heterocycles. The van der Waals surface area contributed by atoms with Crippen LogP contribution in [0.5, 0.6) is 0 Å². The number of ether oxygens (including phenoxy) is 1. The second-order valence-corrected chi connectivity index (χ2v) is 9.50. The maximum absolute atomic E-state index is 12.7. The molecule has 0 spiro atoms. The summed E-state index contributed by atoms with van der Waals surface area (Å²) in [7, 11) is 0. The fraction of sp³-hybridized carbons (Fsp3) is 0.963. The van der Waals surface area contributed by atoms with Gasteiger partial charge in [-0.3, -0.25) is 4.79 Å². The molecule has 0 aliphatic carbocycles. The molecule has 0 aliphatic rings. The van der Waals surface area contributed by atoms with Crippen LogP contribution in [0.15, 0.2) is 0 Å². The van der Waals surface area contributed by atoms with E-state index in [1.807, 2.05) is 0 Å². The molecule has 29 heavy (non-hydrogen) atoms. The van der Waals surface area contributed by atoms with Crippen LogP contribution in [0.4, 0.5) is 0 Å². The van der Waals surface area contributed by atoms with E-state index in [0.717, 1.165) is 32.1 Å². The Morgan fingerprint density at radius 1 is 0.552 bits per heavy atom. The van der Waals surface area contributed by atoms with Gasteiger partial charge in [-0.25, -0.2) is 0 Å². The van der Waals surface area contributed by atoms with Gasteiger partial charge in [0.25, 0.3) is 0 Å². The lowest BCUT2D eigenvalue weighted by Crippen LogP contribution is -2.30. The molecular formula is C27H54O2. The molecule has 0 fully saturated rings. The standard InChI is InChI=1S/C27H54O2/c1-5-8-10-12-14-15-16-18-20-22-25-29-26(28)27(4,23-7-3)24-21-19-17-13-11-9-6-2/h5-25H2,1-4H3. The largest absolute Gasteiger partial charge is 0.465 e. The van der Waals surface area contributed by atoms with E-state index in [4.69, 9.17) is 4.74 Å². The van der Waals surface area contributed by atoms with Crippen molar-refractivity contribution < 1.29 is 9.53 Å². The monoisotopic (exact) mass is 410 g/mol. The van der Waals surface area contributed by atoms with Crippen LogP contribution in [-0.4, -0.2) is 12.6 Å². The molecule has 0 aromatic carbocycles. The van der Waals surface area contributed by atoms with Crippen molar-refractivity contribution in [2.45, 2.75) is 156 Å². The van der Waals surface area contributed by atoms with E-state index in [2.05, 4.69) is 27.7 Å². The third-order valence-electron chi connectivity index (χ3n) is 6.36. The van der Waals surface area contributed by atoms with Crippen molar-refractivity contribution in [1.29, 1.82) is 0 Å². The van der Waals surface area contributed by atoms with Gasteiger partial charge in [0.2, 0.25) is 0 Å². The molecule has 2 heteroatoms. The van der Waals surface area contributed by atoms with Crippen LogP contribution in [0.3, 0.4) is 0 Å². The summed E-state index contributed by atoms with van der Waals surface area (Å²) in [6.45, 7) is 9.46. The van der Waals surface area contributed by atoms with E-state index in [-0.39, 0.29) is 11.4 Å². The second kappa shape index (κ2) is 20.7. The summed E-state index contributed by atoms with van der Waals surface area (Å²) in [5.74, 6) is 0.0567. The van der Waals surface area contributed by atoms with Gasteiger partial charge in [0.15, 0.2) is 0 Å². The summed E-state index contributed by atoms with van der Waals surface area (Å²) in [5.41, 5.74) is -0.267. The van der Waals surface area contributed by atoms with E-state index in [1.165, 1.54) is 96.3 Å². The Hall–Kier alpha value is -0.530. The lowest BCUT2D eigenvalue weighted by molar-refractivity contribution is -0.156. The van der Waals surface area contributed by atoms with Crippen LogP contribution in [0, 0.1) is 5.41 Å². The van der Waals surface area contributed by atoms with E-state index >= 15 is 0 Å². The molecule has 0 aromatic rings. The number of hydrogen-bond acceptors (Lipinski definition) is 2. The van der Waals surface area contributed by atoms with Gasteiger partial charge in [-0.2, -0.15) is 0 Å². The normalized spacial score (nSPS) is 13.4. The predicted octanol–water partition coefficient (Wildman–Crippen LogP) is 9.40. The third-order valence-corrected chi connectivity index (χ3v) is 6.36. The van der Waals surface area contributed by atoms with Crippen LogP contribution in [0.1, 0.15) is 156 Å². The van der Waals surface area contributed by atoms with E-state index in [1.54, 1.807) is 0 Å². The average molecular weight is 411 g/mol. The Bertz CT molecular complexity index is 352. The summed E-state index contributed by atoms with van der Waals surface area (Å²) >= 11 is 0. The molecule has 0 radical (unpaired) electrons. The molecule has 0 heterocycles. The molecular weight excluding hydrogens is 356 g/mol. The number of esters is 1. The summed E-state index contributed by atoms with van der Waals surface area (Å²) < 4.78 is 5.70. The predicted molar refractivity (Wildman–Crippen MR) is 128 cm³/mol. The number of rotatable bonds is 22. The Morgan fingerprint density at radius 3 is 1.41 bits per heavy atom. The first kappa shape index (κ1) is 28.5. The van der Waals surface area contributed by atoms with Crippen LogP contribution in [-0.2, 0) is 9.53 Å². The van der Waals surface area contributed by atoms with Crippen molar-refractivity contribution in [3.05, 3.63) is 0 Å². The number of unbranched alkanes of at least 4 members (excludes halogenated alkanes) is 15. The van der Waals surface area contributed by atoms with Crippen LogP contribution in [0.2, 0.25) is 0 Å². The molecule has 0 aromatic heterocycles. The zero-order valence-corrected chi connectivity index (χ0v) is 20.7. The van der Waals surface area contributed by atoms with Gasteiger partial charge in [0.05, 0.1) is 12.0 Å². The lowest BCUT2D eigenvalue weighted by atomic mass is 9.80. The zero-order valence-electron chi connectivity index (χ0n) is 20.7. The fourth-order valence-electron chi connectivity index (χ4n) is 4.28. The van der Waals surface area contributed by atoms with Gasteiger partial charge in [0.1, 0.15) is 0 Å². The topological polar surface area (TPSA) is 26.3 Å². The minimum atomic E-state index is -0.267. The van der Waals surface area contributed by atoms with Crippen molar-refractivity contribution in [2.24, 2.45) is 5.41 Å². The molecule has 2 nitrogen and oxygen atoms in total. The lowest BCUT2D eigenvalue weighted by Gasteiger charge is -2.27. The number of carbonyl (C=O) groups excluding carboxylic acids is 1. The third kappa shape index (κ3) is 16.9. The molecule has 0 amide bonds. The van der Waals surface area contributed by atoms with Crippen LogP contribution < -0.4 is 0 Å². The minimum absolute atomic E-state index is 0.0567. The first-order valence-electron chi connectivity index (χ1n) is 13.3. The maximum Gasteiger partial charge on any atom is 0.311 e. The van der Waals surface area contributed by atoms with Gasteiger partial charge in [-0.15, -0.1) is 0 Å². The highest BCUT2D eigenvalue weighted by Crippen LogP contribution is 2.32. The van der Waals surface area contributed by atoms with Crippen molar-refractivity contribution >= 4 is 5.97 Å². The van der Waals surface area contributed by atoms with Gasteiger partial charge < -0.3 is 4.74 Å². The maximum atomic E-state index is 12.7. The molecule has 0 saturated carbocycles. The number of carbonyl (C=O) groups is 1. The Balaban J connectivity index is 3.80. The van der Waals surface area contributed by atoms with Gasteiger partial charge in [-0.05, 0) is 26.2 Å². The van der Waals surface area contributed by atoms with E-state index in [9.17, 15) is 4.79 Å². The Morgan fingerprint density at radius 2 is 0.966 bits per heavy atom. The van der Waals surface area contributed by atoms with Crippen molar-refractivity contribution in [1.82, 2.24) is 0 Å². The second-order valence-electron chi connectivity index (χ2n) is 9.50. The highest BCUT2D eigenvalue weighted by Gasteiger charge is 2.33. The minimum Gasteiger partial charge on any atom is -0.465 e. The summed E-state index contributed by atoms with van der Waals surface area (Å²) in [5, 5.41) is 0. The Kier molecular flexibility index (Phi) is 20.4. The molecule has 0 N–H and O–H groups in total. The summed E-state index contributed by atoms with van der Waals surface area (Å²) in [6, 6.07) is 0. The van der Waals surface area contributed by atoms with Crippen molar-refractivity contribution in [2.75, 3.05) is 6.61 Å². The summed E-state index contributed by atoms with van der Waals surface area (Å²) in [6.07, 6.45) is 25.3. The highest BCUT2D eigenvalue weighted by atomic mass is 16.5. The summed E-state index contributed by atoms with van der Waals surface area (Å²) in [4.78, 5) is 12.7. The van der Waals surface area contributed by atoms with Gasteiger partial charge in [0, 0.05) is 0 Å². The SMILES string of the molecule is CCCCCCCCCCCCOC(=O)C(C)(CCC)CCCCCCCCC. The quantitative estimate of drug-likeness (QED) is 0.131. The molecule has 174 valence electrons. The molecule has 0 bridgehead atoms. The first-order valence-corrected chi connectivity index (χ1v) is 13.3. The smallest absolute Gasteiger partial charge is 0.311 e. The molecule has 0 rings (SSSR count). The van der Waals surface area contributed by atoms with Gasteiger partial charge >= 0.3 is 5.97 Å². The van der Waals surface area contributed by atoms with Crippen molar-refractivity contribution in [3.8, 4) is 0 Å². The zero-order chi connectivity index (χ0) is 21.6. The molecule has 1 atom stereocenters. The Labute approximate surface area is 184 Å². The highest BCUT2D eigenvalue weighted by molar-refractivity contribution is 5.76. The van der Waals surface area contributed by atoms with Gasteiger partial charge in [-0.1, -0.05) is 130 Å². The average Bonchev–Trinajstić information content (AvgIpc) is 2.71. The van der Waals surface area contributed by atoms with Crippen molar-refractivity contribution in [3.63, 3.8) is 0 Å². The van der Waals surface area contributed by atoms with E-state index < -0.39 is 0 Å². The number of hydrogen-bond donors (Lipinski definition) is 0. The van der Waals surface area contributed by atoms with Crippen LogP contribution >= 0.6 is 0 Å². The first-order chi connectivity index (χ1) is 14.1.